The number of aromatic hydroxyl groups is 1. The number of nitrogens with one attached hydrogen (secondary N) is 1. The molecule has 0 fully saturated rings. The summed E-state index contributed by atoms with van der Waals surface area (Å²) in [6.07, 6.45) is 5.73. The van der Waals surface area contributed by atoms with Gasteiger partial charge in [0.15, 0.2) is 5.78 Å². The molecule has 124 valence electrons. The third-order valence-corrected chi connectivity index (χ3v) is 4.39. The van der Waals surface area contributed by atoms with Crippen molar-refractivity contribution >= 4 is 13.5 Å². The fourth-order valence-electron chi connectivity index (χ4n) is 2.56. The number of benzene rings is 1. The molecule has 7 heteroatoms. The molecule has 1 aliphatic carbocycles. The fraction of sp³-hybridized carbons (Fsp3) is 0.312. The lowest BCUT2D eigenvalue weighted by atomic mass is 9.88. The van der Waals surface area contributed by atoms with Crippen LogP contribution in [0.5, 0.6) is 5.75 Å². The predicted molar refractivity (Wildman–Crippen MR) is 86.7 cm³/mol. The topological polar surface area (TPSA) is 107 Å². The van der Waals surface area contributed by atoms with Crippen molar-refractivity contribution in [1.29, 1.82) is 0 Å². The largest absolute Gasteiger partial charge is 0.508 e. The minimum atomic E-state index is -4.44. The zero-order valence-electron chi connectivity index (χ0n) is 12.7. The van der Waals surface area contributed by atoms with Crippen LogP contribution in [0, 0.1) is 5.92 Å². The van der Waals surface area contributed by atoms with E-state index in [0.29, 0.717) is 6.42 Å². The normalized spacial score (nSPS) is 19.3. The molecular formula is C16H20NO5P. The Balaban J connectivity index is 2.01. The molecule has 0 heterocycles. The first-order valence-electron chi connectivity index (χ1n) is 7.31. The highest BCUT2D eigenvalue weighted by Gasteiger charge is 2.23. The Morgan fingerprint density at radius 2 is 1.91 bits per heavy atom. The van der Waals surface area contributed by atoms with Crippen LogP contribution in [0.15, 0.2) is 48.2 Å². The van der Waals surface area contributed by atoms with Gasteiger partial charge in [0.05, 0.1) is 0 Å². The molecule has 1 aromatic carbocycles. The summed E-state index contributed by atoms with van der Waals surface area (Å²) in [6, 6.07) is 6.97. The minimum Gasteiger partial charge on any atom is -0.508 e. The molecule has 0 amide bonds. The standard InChI is InChI=1S/C16H20NO5P/c1-11(12-4-7-14(18)8-5-12)2-3-13-6-9-15(19)10-16(13)17-23(20,21)22/h4-11,13,18H,2-3H2,1H3,(H3,17,20,21,22). The van der Waals surface area contributed by atoms with Gasteiger partial charge in [-0.2, -0.15) is 0 Å². The van der Waals surface area contributed by atoms with E-state index in [9.17, 15) is 14.5 Å². The third kappa shape index (κ3) is 5.36. The predicted octanol–water partition coefficient (Wildman–Crippen LogP) is 2.60. The number of phenols is 1. The monoisotopic (exact) mass is 337 g/mol. The van der Waals surface area contributed by atoms with Gasteiger partial charge in [0.2, 0.25) is 0 Å². The number of phenolic OH excluding ortho intramolecular Hbond substituents is 1. The Kier molecular flexibility index (Phi) is 5.42. The summed E-state index contributed by atoms with van der Waals surface area (Å²) >= 11 is 0. The molecule has 2 atom stereocenters. The van der Waals surface area contributed by atoms with E-state index in [2.05, 4.69) is 5.09 Å². The Hall–Kier alpha value is -1.88. The molecule has 2 unspecified atom stereocenters. The molecule has 0 aliphatic heterocycles. The SMILES string of the molecule is CC(CCC1C=CC(=O)C=C1NP(=O)(O)O)c1ccc(O)cc1. The van der Waals surface area contributed by atoms with E-state index in [1.54, 1.807) is 18.2 Å². The number of rotatable bonds is 6. The first kappa shape index (κ1) is 17.5. The van der Waals surface area contributed by atoms with E-state index in [1.165, 1.54) is 12.2 Å². The molecule has 6 nitrogen and oxygen atoms in total. The number of ketones is 1. The smallest absolute Gasteiger partial charge is 0.427 e. The molecule has 0 aromatic heterocycles. The summed E-state index contributed by atoms with van der Waals surface area (Å²) in [7, 11) is -4.44. The van der Waals surface area contributed by atoms with Gasteiger partial charge in [-0.05, 0) is 42.5 Å². The molecule has 1 aromatic rings. The van der Waals surface area contributed by atoms with Crippen LogP contribution in [-0.4, -0.2) is 20.7 Å². The second-order valence-electron chi connectivity index (χ2n) is 5.69. The van der Waals surface area contributed by atoms with Crippen LogP contribution in [0.25, 0.3) is 0 Å². The maximum absolute atomic E-state index is 11.4. The number of allylic oxidation sites excluding steroid dienone is 3. The molecular weight excluding hydrogens is 317 g/mol. The Bertz CT molecular complexity index is 674. The third-order valence-electron chi connectivity index (χ3n) is 3.84. The molecule has 4 N–H and O–H groups in total. The van der Waals surface area contributed by atoms with Crippen molar-refractivity contribution in [2.45, 2.75) is 25.7 Å². The summed E-state index contributed by atoms with van der Waals surface area (Å²) < 4.78 is 11.1. The van der Waals surface area contributed by atoms with Gasteiger partial charge in [0.25, 0.3) is 0 Å². The highest BCUT2D eigenvalue weighted by atomic mass is 31.2. The molecule has 0 radical (unpaired) electrons. The van der Waals surface area contributed by atoms with Crippen molar-refractivity contribution in [3.8, 4) is 5.75 Å². The summed E-state index contributed by atoms with van der Waals surface area (Å²) in [5.41, 5.74) is 1.33. The fourth-order valence-corrected chi connectivity index (χ4v) is 3.12. The van der Waals surface area contributed by atoms with Crippen LogP contribution in [-0.2, 0) is 9.36 Å². The zero-order valence-corrected chi connectivity index (χ0v) is 13.6. The molecule has 23 heavy (non-hydrogen) atoms. The lowest BCUT2D eigenvalue weighted by Crippen LogP contribution is -2.21. The summed E-state index contributed by atoms with van der Waals surface area (Å²) in [6.45, 7) is 2.05. The van der Waals surface area contributed by atoms with Gasteiger partial charge >= 0.3 is 7.75 Å². The van der Waals surface area contributed by atoms with Crippen LogP contribution in [0.3, 0.4) is 0 Å². The quantitative estimate of drug-likeness (QED) is 0.595. The van der Waals surface area contributed by atoms with E-state index in [-0.39, 0.29) is 29.1 Å². The van der Waals surface area contributed by atoms with Gasteiger partial charge in [0.1, 0.15) is 5.75 Å². The van der Waals surface area contributed by atoms with E-state index in [1.807, 2.05) is 19.1 Å². The van der Waals surface area contributed by atoms with E-state index in [4.69, 9.17) is 9.79 Å². The Morgan fingerprint density at radius 3 is 2.52 bits per heavy atom. The highest BCUT2D eigenvalue weighted by Crippen LogP contribution is 2.35. The number of carbonyl (C=O) groups is 1. The Morgan fingerprint density at radius 1 is 1.26 bits per heavy atom. The maximum atomic E-state index is 11.4. The molecule has 1 aliphatic rings. The average Bonchev–Trinajstić information content (AvgIpc) is 2.45. The van der Waals surface area contributed by atoms with Gasteiger partial charge in [-0.15, -0.1) is 0 Å². The first-order valence-corrected chi connectivity index (χ1v) is 8.92. The number of hydrogen-bond donors (Lipinski definition) is 4. The molecule has 0 bridgehead atoms. The lowest BCUT2D eigenvalue weighted by molar-refractivity contribution is -0.110. The molecule has 0 saturated heterocycles. The molecule has 2 rings (SSSR count). The van der Waals surface area contributed by atoms with Crippen LogP contribution < -0.4 is 5.09 Å². The van der Waals surface area contributed by atoms with Crippen LogP contribution in [0.4, 0.5) is 0 Å². The van der Waals surface area contributed by atoms with Crippen LogP contribution in [0.2, 0.25) is 0 Å². The number of hydrogen-bond acceptors (Lipinski definition) is 3. The second-order valence-corrected chi connectivity index (χ2v) is 7.01. The second kappa shape index (κ2) is 7.13. The molecule has 0 spiro atoms. The van der Waals surface area contributed by atoms with E-state index in [0.717, 1.165) is 12.0 Å². The zero-order chi connectivity index (χ0) is 17.0. The van der Waals surface area contributed by atoms with Crippen LogP contribution in [0.1, 0.15) is 31.2 Å². The maximum Gasteiger partial charge on any atom is 0.427 e. The summed E-state index contributed by atoms with van der Waals surface area (Å²) in [4.78, 5) is 29.5. The lowest BCUT2D eigenvalue weighted by Gasteiger charge is -2.23. The molecule has 0 saturated carbocycles. The van der Waals surface area contributed by atoms with Crippen molar-refractivity contribution in [2.24, 2.45) is 5.92 Å². The van der Waals surface area contributed by atoms with E-state index >= 15 is 0 Å². The summed E-state index contributed by atoms with van der Waals surface area (Å²) in [5.74, 6) is -0.0904. The van der Waals surface area contributed by atoms with Gasteiger partial charge in [-0.1, -0.05) is 25.1 Å². The number of carbonyl (C=O) groups excluding carboxylic acids is 1. The summed E-state index contributed by atoms with van der Waals surface area (Å²) in [5, 5.41) is 11.4. The van der Waals surface area contributed by atoms with Crippen molar-refractivity contribution in [2.75, 3.05) is 0 Å². The van der Waals surface area contributed by atoms with Crippen molar-refractivity contribution in [3.63, 3.8) is 0 Å². The minimum absolute atomic E-state index is 0.214. The van der Waals surface area contributed by atoms with E-state index < -0.39 is 7.75 Å². The van der Waals surface area contributed by atoms with Gasteiger partial charge in [-0.25, -0.2) is 4.57 Å². The Labute approximate surface area is 134 Å². The average molecular weight is 337 g/mol. The van der Waals surface area contributed by atoms with Gasteiger partial charge in [-0.3, -0.25) is 9.88 Å². The van der Waals surface area contributed by atoms with Gasteiger partial charge in [0, 0.05) is 17.7 Å². The van der Waals surface area contributed by atoms with Crippen molar-refractivity contribution in [1.82, 2.24) is 5.09 Å². The van der Waals surface area contributed by atoms with Crippen molar-refractivity contribution < 1.29 is 24.3 Å². The van der Waals surface area contributed by atoms with Crippen LogP contribution >= 0.6 is 7.75 Å². The van der Waals surface area contributed by atoms with Gasteiger partial charge < -0.3 is 14.9 Å². The van der Waals surface area contributed by atoms with Crippen molar-refractivity contribution in [3.05, 3.63) is 53.8 Å². The first-order chi connectivity index (χ1) is 10.7. The highest BCUT2D eigenvalue weighted by molar-refractivity contribution is 7.49.